The molecular weight excluding hydrogens is 410 g/mol. The molecule has 4 rings (SSSR count). The summed E-state index contributed by atoms with van der Waals surface area (Å²) in [6.45, 7) is 6.31. The van der Waals surface area contributed by atoms with Gasteiger partial charge in [-0.25, -0.2) is 0 Å². The number of ketones is 1. The molecule has 31 heavy (non-hydrogen) atoms. The van der Waals surface area contributed by atoms with Gasteiger partial charge in [0.1, 0.15) is 5.75 Å². The van der Waals surface area contributed by atoms with Gasteiger partial charge >= 0.3 is 10.3 Å². The molecule has 0 spiro atoms. The van der Waals surface area contributed by atoms with Crippen molar-refractivity contribution in [1.29, 1.82) is 0 Å². The summed E-state index contributed by atoms with van der Waals surface area (Å²) in [5, 5.41) is 0. The summed E-state index contributed by atoms with van der Waals surface area (Å²) >= 11 is 0. The zero-order valence-electron chi connectivity index (χ0n) is 17.8. The normalized spacial score (nSPS) is 17.5. The van der Waals surface area contributed by atoms with Gasteiger partial charge in [0.2, 0.25) is 0 Å². The van der Waals surface area contributed by atoms with E-state index >= 15 is 0 Å². The molecule has 3 aromatic carbocycles. The van der Waals surface area contributed by atoms with Crippen LogP contribution in [0.5, 0.6) is 5.75 Å². The molecule has 3 aromatic rings. The first-order chi connectivity index (χ1) is 14.6. The first-order valence-corrected chi connectivity index (χ1v) is 11.6. The summed E-state index contributed by atoms with van der Waals surface area (Å²) < 4.78 is 32.5. The number of rotatable bonds is 4. The largest absolute Gasteiger partial charge is 0.383 e. The molecule has 0 aliphatic carbocycles. The molecule has 1 heterocycles. The van der Waals surface area contributed by atoms with E-state index < -0.39 is 16.3 Å². The van der Waals surface area contributed by atoms with Crippen molar-refractivity contribution in [1.82, 2.24) is 4.72 Å². The molecular formula is C25H25NO4S. The maximum atomic E-state index is 13.1. The summed E-state index contributed by atoms with van der Waals surface area (Å²) in [6, 6.07) is 21.5. The number of fused-ring (bicyclic) bond motifs is 1. The topological polar surface area (TPSA) is 72.5 Å². The lowest BCUT2D eigenvalue weighted by Crippen LogP contribution is -2.38. The van der Waals surface area contributed by atoms with Gasteiger partial charge in [0.25, 0.3) is 0 Å². The van der Waals surface area contributed by atoms with Gasteiger partial charge in [-0.05, 0) is 35.1 Å². The Bertz CT molecular complexity index is 1230. The molecule has 0 saturated carbocycles. The molecule has 1 aliphatic heterocycles. The van der Waals surface area contributed by atoms with E-state index in [4.69, 9.17) is 4.18 Å². The molecule has 0 unspecified atom stereocenters. The fourth-order valence-corrected chi connectivity index (χ4v) is 4.77. The van der Waals surface area contributed by atoms with Crippen LogP contribution in [0.2, 0.25) is 0 Å². The molecule has 0 bridgehead atoms. The third-order valence-corrected chi connectivity index (χ3v) is 6.43. The minimum atomic E-state index is -3.93. The summed E-state index contributed by atoms with van der Waals surface area (Å²) in [5.74, 6) is 0.235. The molecule has 0 saturated heterocycles. The molecule has 0 fully saturated rings. The van der Waals surface area contributed by atoms with Crippen LogP contribution in [0.3, 0.4) is 0 Å². The van der Waals surface area contributed by atoms with Crippen molar-refractivity contribution in [3.8, 4) is 5.75 Å². The zero-order chi connectivity index (χ0) is 22.2. The summed E-state index contributed by atoms with van der Waals surface area (Å²) in [6.07, 6.45) is 0.331. The molecule has 0 aromatic heterocycles. The number of benzene rings is 3. The summed E-state index contributed by atoms with van der Waals surface area (Å²) in [5.41, 5.74) is 3.68. The standard InChI is InChI=1S/C25H25NO4S/c1-25(2,3)19-13-14-23-21(16-19)22(26-31(28,29)30-23)15-18-11-7-8-12-20(18)24(27)17-9-5-4-6-10-17/h4-14,16,22,26H,15H2,1-3H3/t22-/m1/s1. The Labute approximate surface area is 183 Å². The van der Waals surface area contributed by atoms with Gasteiger partial charge in [-0.15, -0.1) is 0 Å². The van der Waals surface area contributed by atoms with Crippen LogP contribution in [0, 0.1) is 0 Å². The number of carbonyl (C=O) groups is 1. The number of hydrogen-bond acceptors (Lipinski definition) is 4. The van der Waals surface area contributed by atoms with Crippen LogP contribution in [-0.4, -0.2) is 14.2 Å². The van der Waals surface area contributed by atoms with Crippen molar-refractivity contribution < 1.29 is 17.4 Å². The Kier molecular flexibility index (Phi) is 5.45. The highest BCUT2D eigenvalue weighted by Gasteiger charge is 2.32. The zero-order valence-corrected chi connectivity index (χ0v) is 18.6. The Morgan fingerprint density at radius 2 is 1.65 bits per heavy atom. The van der Waals surface area contributed by atoms with Gasteiger partial charge < -0.3 is 4.18 Å². The smallest absolute Gasteiger partial charge is 0.371 e. The minimum absolute atomic E-state index is 0.0882. The van der Waals surface area contributed by atoms with Crippen molar-refractivity contribution in [3.05, 3.63) is 101 Å². The Morgan fingerprint density at radius 1 is 0.968 bits per heavy atom. The van der Waals surface area contributed by atoms with E-state index in [0.717, 1.165) is 16.7 Å². The predicted octanol–water partition coefficient (Wildman–Crippen LogP) is 4.73. The van der Waals surface area contributed by atoms with Gasteiger partial charge in [0.05, 0.1) is 6.04 Å². The lowest BCUT2D eigenvalue weighted by atomic mass is 9.84. The maximum absolute atomic E-state index is 13.1. The highest BCUT2D eigenvalue weighted by molar-refractivity contribution is 7.85. The van der Waals surface area contributed by atoms with Crippen molar-refractivity contribution in [3.63, 3.8) is 0 Å². The second-order valence-electron chi connectivity index (χ2n) is 8.77. The van der Waals surface area contributed by atoms with Crippen molar-refractivity contribution >= 4 is 16.1 Å². The van der Waals surface area contributed by atoms with E-state index in [9.17, 15) is 13.2 Å². The molecule has 1 N–H and O–H groups in total. The van der Waals surface area contributed by atoms with Crippen LogP contribution < -0.4 is 8.91 Å². The van der Waals surface area contributed by atoms with Crippen LogP contribution in [-0.2, 0) is 22.1 Å². The van der Waals surface area contributed by atoms with Gasteiger partial charge in [-0.3, -0.25) is 4.79 Å². The Hall–Kier alpha value is -2.96. The molecule has 6 heteroatoms. The van der Waals surface area contributed by atoms with E-state index in [1.165, 1.54) is 0 Å². The highest BCUT2D eigenvalue weighted by Crippen LogP contribution is 2.37. The van der Waals surface area contributed by atoms with Gasteiger partial charge in [-0.1, -0.05) is 81.4 Å². The predicted molar refractivity (Wildman–Crippen MR) is 121 cm³/mol. The lowest BCUT2D eigenvalue weighted by Gasteiger charge is -2.29. The first-order valence-electron chi connectivity index (χ1n) is 10.2. The van der Waals surface area contributed by atoms with Crippen molar-refractivity contribution in [2.24, 2.45) is 0 Å². The lowest BCUT2D eigenvalue weighted by molar-refractivity contribution is 0.103. The van der Waals surface area contributed by atoms with Crippen molar-refractivity contribution in [2.75, 3.05) is 0 Å². The fourth-order valence-electron chi connectivity index (χ4n) is 3.78. The second kappa shape index (κ2) is 7.94. The maximum Gasteiger partial charge on any atom is 0.383 e. The van der Waals surface area contributed by atoms with E-state index in [1.54, 1.807) is 24.3 Å². The van der Waals surface area contributed by atoms with E-state index in [1.807, 2.05) is 48.5 Å². The molecule has 1 atom stereocenters. The summed E-state index contributed by atoms with van der Waals surface area (Å²) in [4.78, 5) is 13.1. The monoisotopic (exact) mass is 435 g/mol. The number of hydrogen-bond donors (Lipinski definition) is 1. The molecule has 0 radical (unpaired) electrons. The fraction of sp³-hybridized carbons (Fsp3) is 0.240. The molecule has 0 amide bonds. The minimum Gasteiger partial charge on any atom is -0.371 e. The SMILES string of the molecule is CC(C)(C)c1ccc2c(c1)[C@@H](Cc1ccccc1C(=O)c1ccccc1)NS(=O)(=O)O2. The van der Waals surface area contributed by atoms with Crippen LogP contribution in [0.25, 0.3) is 0 Å². The first kappa shape index (κ1) is 21.3. The number of carbonyl (C=O) groups excluding carboxylic acids is 1. The third-order valence-electron chi connectivity index (χ3n) is 5.46. The van der Waals surface area contributed by atoms with Crippen molar-refractivity contribution in [2.45, 2.75) is 38.6 Å². The van der Waals surface area contributed by atoms with Crippen LogP contribution in [0.15, 0.2) is 72.8 Å². The number of nitrogens with one attached hydrogen (secondary N) is 1. The Balaban J connectivity index is 1.75. The second-order valence-corrected chi connectivity index (χ2v) is 10.1. The summed E-state index contributed by atoms with van der Waals surface area (Å²) in [7, 11) is -3.93. The average Bonchev–Trinajstić information content (AvgIpc) is 2.72. The van der Waals surface area contributed by atoms with Crippen LogP contribution in [0.4, 0.5) is 0 Å². The van der Waals surface area contributed by atoms with Crippen LogP contribution >= 0.6 is 0 Å². The third kappa shape index (κ3) is 4.55. The molecule has 160 valence electrons. The van der Waals surface area contributed by atoms with Gasteiger partial charge in [0, 0.05) is 16.7 Å². The highest BCUT2D eigenvalue weighted by atomic mass is 32.2. The molecule has 5 nitrogen and oxygen atoms in total. The quantitative estimate of drug-likeness (QED) is 0.602. The van der Waals surface area contributed by atoms with E-state index in [2.05, 4.69) is 25.5 Å². The average molecular weight is 436 g/mol. The van der Waals surface area contributed by atoms with Gasteiger partial charge in [0.15, 0.2) is 5.78 Å². The van der Waals surface area contributed by atoms with E-state index in [0.29, 0.717) is 23.3 Å². The molecule has 1 aliphatic rings. The van der Waals surface area contributed by atoms with Crippen LogP contribution in [0.1, 0.15) is 59.4 Å². The van der Waals surface area contributed by atoms with E-state index in [-0.39, 0.29) is 11.2 Å². The van der Waals surface area contributed by atoms with Gasteiger partial charge in [-0.2, -0.15) is 13.1 Å². The Morgan fingerprint density at radius 3 is 2.35 bits per heavy atom.